The molecule has 2 fully saturated rings. The Morgan fingerprint density at radius 3 is 2.50 bits per heavy atom. The first-order valence-electron chi connectivity index (χ1n) is 12.2. The van der Waals surface area contributed by atoms with Crippen LogP contribution in [0.15, 0.2) is 85.3 Å². The van der Waals surface area contributed by atoms with Crippen molar-refractivity contribution >= 4 is 34.6 Å². The number of halogens is 1. The Balaban J connectivity index is 1.39. The molecule has 4 aromatic rings. The fourth-order valence-electron chi connectivity index (χ4n) is 5.17. The lowest BCUT2D eigenvalue weighted by Crippen LogP contribution is -2.30. The van der Waals surface area contributed by atoms with Gasteiger partial charge in [-0.15, -0.1) is 0 Å². The van der Waals surface area contributed by atoms with Gasteiger partial charge in [-0.3, -0.25) is 4.98 Å². The summed E-state index contributed by atoms with van der Waals surface area (Å²) in [6, 6.07) is 21.8. The lowest BCUT2D eigenvalue weighted by Gasteiger charge is -2.29. The number of ether oxygens (including phenoxy) is 1. The van der Waals surface area contributed by atoms with Crippen LogP contribution in [-0.4, -0.2) is 25.8 Å². The third-order valence-electron chi connectivity index (χ3n) is 6.86. The molecule has 2 atom stereocenters. The van der Waals surface area contributed by atoms with Gasteiger partial charge in [-0.1, -0.05) is 17.7 Å². The SMILES string of the molecule is S=C1NC(c2ccccn2)C(c2cccn2-c2ccc(Cl)cn2)N1c1ccc(OC2CCCC2)cc1. The molecular weight excluding hydrogens is 490 g/mol. The van der Waals surface area contributed by atoms with Crippen molar-refractivity contribution in [2.75, 3.05) is 4.90 Å². The molecule has 1 aliphatic heterocycles. The van der Waals surface area contributed by atoms with Gasteiger partial charge in [0.15, 0.2) is 5.11 Å². The van der Waals surface area contributed by atoms with Crippen molar-refractivity contribution in [3.05, 3.63) is 102 Å². The van der Waals surface area contributed by atoms with E-state index in [0.29, 0.717) is 16.2 Å². The van der Waals surface area contributed by atoms with Gasteiger partial charge in [0, 0.05) is 30.0 Å². The fourth-order valence-corrected chi connectivity index (χ4v) is 5.63. The summed E-state index contributed by atoms with van der Waals surface area (Å²) in [6.07, 6.45) is 10.6. The maximum Gasteiger partial charge on any atom is 0.174 e. The first-order chi connectivity index (χ1) is 17.7. The zero-order valence-electron chi connectivity index (χ0n) is 19.6. The minimum atomic E-state index is -0.151. The topological polar surface area (TPSA) is 55.2 Å². The molecule has 4 heterocycles. The summed E-state index contributed by atoms with van der Waals surface area (Å²) in [5.41, 5.74) is 2.95. The van der Waals surface area contributed by atoms with E-state index >= 15 is 0 Å². The highest BCUT2D eigenvalue weighted by Gasteiger charge is 2.42. The number of pyridine rings is 2. The molecule has 1 aliphatic carbocycles. The summed E-state index contributed by atoms with van der Waals surface area (Å²) < 4.78 is 8.28. The van der Waals surface area contributed by atoms with Gasteiger partial charge >= 0.3 is 0 Å². The quantitative estimate of drug-likeness (QED) is 0.299. The normalized spacial score (nSPS) is 20.0. The highest BCUT2D eigenvalue weighted by Crippen LogP contribution is 2.42. The molecule has 8 heteroatoms. The lowest BCUT2D eigenvalue weighted by molar-refractivity contribution is 0.210. The maximum absolute atomic E-state index is 6.20. The molecule has 1 N–H and O–H groups in total. The predicted octanol–water partition coefficient (Wildman–Crippen LogP) is 6.42. The van der Waals surface area contributed by atoms with Gasteiger partial charge in [0.2, 0.25) is 0 Å². The number of anilines is 1. The monoisotopic (exact) mass is 515 g/mol. The van der Waals surface area contributed by atoms with E-state index < -0.39 is 0 Å². The van der Waals surface area contributed by atoms with E-state index in [1.54, 1.807) is 6.20 Å². The average Bonchev–Trinajstić information content (AvgIpc) is 3.66. The van der Waals surface area contributed by atoms with Crippen LogP contribution in [0.2, 0.25) is 5.02 Å². The van der Waals surface area contributed by atoms with Crippen molar-refractivity contribution in [3.63, 3.8) is 0 Å². The molecule has 0 spiro atoms. The summed E-state index contributed by atoms with van der Waals surface area (Å²) in [7, 11) is 0. The maximum atomic E-state index is 6.20. The van der Waals surface area contributed by atoms with Crippen LogP contribution in [0.4, 0.5) is 5.69 Å². The molecule has 1 saturated heterocycles. The second-order valence-electron chi connectivity index (χ2n) is 9.15. The molecule has 3 aromatic heterocycles. The van der Waals surface area contributed by atoms with Gasteiger partial charge in [-0.2, -0.15) is 0 Å². The van der Waals surface area contributed by atoms with E-state index in [4.69, 9.17) is 28.6 Å². The third kappa shape index (κ3) is 4.45. The smallest absolute Gasteiger partial charge is 0.174 e. The Morgan fingerprint density at radius 2 is 1.78 bits per heavy atom. The number of nitrogens with one attached hydrogen (secondary N) is 1. The number of hydrogen-bond acceptors (Lipinski definition) is 4. The highest BCUT2D eigenvalue weighted by atomic mass is 35.5. The molecule has 1 saturated carbocycles. The fraction of sp³-hybridized carbons (Fsp3) is 0.250. The van der Waals surface area contributed by atoms with E-state index in [1.165, 1.54) is 12.8 Å². The number of thiocarbonyl (C=S) groups is 1. The highest BCUT2D eigenvalue weighted by molar-refractivity contribution is 7.80. The number of aromatic nitrogens is 3. The molecule has 0 bridgehead atoms. The van der Waals surface area contributed by atoms with E-state index in [1.807, 2.05) is 60.9 Å². The van der Waals surface area contributed by atoms with Crippen LogP contribution in [0, 0.1) is 0 Å². The second-order valence-corrected chi connectivity index (χ2v) is 9.98. The number of nitrogens with zero attached hydrogens (tertiary/aromatic N) is 4. The third-order valence-corrected chi connectivity index (χ3v) is 7.40. The van der Waals surface area contributed by atoms with Crippen molar-refractivity contribution in [3.8, 4) is 11.6 Å². The van der Waals surface area contributed by atoms with Crippen LogP contribution < -0.4 is 15.0 Å². The van der Waals surface area contributed by atoms with Crippen molar-refractivity contribution in [1.82, 2.24) is 19.9 Å². The Labute approximate surface area is 220 Å². The summed E-state index contributed by atoms with van der Waals surface area (Å²) in [4.78, 5) is 11.4. The van der Waals surface area contributed by atoms with Gasteiger partial charge in [-0.05, 0) is 98.6 Å². The lowest BCUT2D eigenvalue weighted by atomic mass is 10.0. The summed E-state index contributed by atoms with van der Waals surface area (Å²) in [6.45, 7) is 0. The molecule has 182 valence electrons. The van der Waals surface area contributed by atoms with Crippen molar-refractivity contribution in [1.29, 1.82) is 0 Å². The van der Waals surface area contributed by atoms with Gasteiger partial charge in [0.25, 0.3) is 0 Å². The molecule has 0 radical (unpaired) electrons. The standard InChI is InChI=1S/C28H26ClN5OS/c29-19-10-15-25(31-18-19)33-17-5-9-24(33)27-26(23-8-3-4-16-30-23)32-28(36)34(27)20-11-13-22(14-12-20)35-21-6-1-2-7-21/h3-5,8-18,21,26-27H,1-2,6-7H2,(H,32,36). The van der Waals surface area contributed by atoms with Gasteiger partial charge in [-0.25, -0.2) is 4.98 Å². The van der Waals surface area contributed by atoms with E-state index in [0.717, 1.165) is 41.5 Å². The predicted molar refractivity (Wildman–Crippen MR) is 146 cm³/mol. The Morgan fingerprint density at radius 1 is 0.944 bits per heavy atom. The second kappa shape index (κ2) is 9.91. The van der Waals surface area contributed by atoms with Crippen LogP contribution >= 0.6 is 23.8 Å². The minimum Gasteiger partial charge on any atom is -0.490 e. The van der Waals surface area contributed by atoms with Crippen LogP contribution in [0.3, 0.4) is 0 Å². The van der Waals surface area contributed by atoms with Crippen LogP contribution in [0.25, 0.3) is 5.82 Å². The molecular formula is C28H26ClN5OS. The van der Waals surface area contributed by atoms with Crippen molar-refractivity contribution in [2.45, 2.75) is 43.9 Å². The van der Waals surface area contributed by atoms with Crippen LogP contribution in [-0.2, 0) is 0 Å². The first kappa shape index (κ1) is 23.0. The Kier molecular flexibility index (Phi) is 6.34. The Hall–Kier alpha value is -3.42. The minimum absolute atomic E-state index is 0.144. The number of benzene rings is 1. The molecule has 6 nitrogen and oxygen atoms in total. The van der Waals surface area contributed by atoms with E-state index in [9.17, 15) is 0 Å². The van der Waals surface area contributed by atoms with Crippen LogP contribution in [0.5, 0.6) is 5.75 Å². The number of rotatable bonds is 6. The zero-order valence-corrected chi connectivity index (χ0v) is 21.2. The average molecular weight is 516 g/mol. The van der Waals surface area contributed by atoms with Gasteiger partial charge < -0.3 is 19.5 Å². The molecule has 0 amide bonds. The number of hydrogen-bond donors (Lipinski definition) is 1. The zero-order chi connectivity index (χ0) is 24.5. The summed E-state index contributed by atoms with van der Waals surface area (Å²) >= 11 is 12.0. The van der Waals surface area contributed by atoms with Crippen molar-refractivity contribution < 1.29 is 4.74 Å². The molecule has 2 unspecified atom stereocenters. The molecule has 36 heavy (non-hydrogen) atoms. The van der Waals surface area contributed by atoms with Crippen molar-refractivity contribution in [2.24, 2.45) is 0 Å². The summed E-state index contributed by atoms with van der Waals surface area (Å²) in [5, 5.41) is 4.78. The van der Waals surface area contributed by atoms with Crippen LogP contribution in [0.1, 0.15) is 49.2 Å². The molecule has 2 aliphatic rings. The van der Waals surface area contributed by atoms with Gasteiger partial charge in [0.05, 0.1) is 22.9 Å². The first-order valence-corrected chi connectivity index (χ1v) is 13.0. The molecule has 1 aromatic carbocycles. The summed E-state index contributed by atoms with van der Waals surface area (Å²) in [5.74, 6) is 1.69. The largest absolute Gasteiger partial charge is 0.490 e. The van der Waals surface area contributed by atoms with Gasteiger partial charge in [0.1, 0.15) is 17.6 Å². The molecule has 6 rings (SSSR count). The Bertz CT molecular complexity index is 1340. The van der Waals surface area contributed by atoms with E-state index in [2.05, 4.69) is 43.0 Å². The van der Waals surface area contributed by atoms with E-state index in [-0.39, 0.29) is 12.1 Å².